The Morgan fingerprint density at radius 2 is 0.765 bits per heavy atom. The summed E-state index contributed by atoms with van der Waals surface area (Å²) in [7, 11) is 0. The van der Waals surface area contributed by atoms with Crippen molar-refractivity contribution < 1.29 is 17.6 Å². The molecule has 0 heterocycles. The molecule has 0 spiro atoms. The molecule has 0 unspecified atom stereocenters. The normalized spacial score (nSPS) is 10.5. The molecule has 0 aliphatic rings. The van der Waals surface area contributed by atoms with Gasteiger partial charge >= 0.3 is 0 Å². The fourth-order valence-electron chi connectivity index (χ4n) is 4.46. The molecule has 0 saturated carbocycles. The number of hydrogen-bond donors (Lipinski definition) is 0. The lowest BCUT2D eigenvalue weighted by Gasteiger charge is -2.04. The second kappa shape index (κ2) is 23.6. The van der Waals surface area contributed by atoms with Crippen molar-refractivity contribution in [3.63, 3.8) is 0 Å². The largest absolute Gasteiger partial charge is 0.207 e. The molecule has 0 bridgehead atoms. The van der Waals surface area contributed by atoms with Crippen molar-refractivity contribution in [3.8, 4) is 0 Å². The molecule has 5 aromatic rings. The molecule has 0 atom stereocenters. The monoisotopic (exact) mass is 720 g/mol. The number of aryl methyl sites for hydroxylation is 1. The first-order valence-electron chi connectivity index (χ1n) is 17.7. The number of rotatable bonds is 5. The average molecular weight is 721 g/mol. The van der Waals surface area contributed by atoms with Crippen molar-refractivity contribution in [1.82, 2.24) is 0 Å². The highest BCUT2D eigenvalue weighted by Crippen LogP contribution is 2.21. The lowest BCUT2D eigenvalue weighted by Crippen LogP contribution is -1.90. The van der Waals surface area contributed by atoms with Crippen molar-refractivity contribution in [2.45, 2.75) is 106 Å². The van der Waals surface area contributed by atoms with Gasteiger partial charge in [-0.05, 0) is 101 Å². The first-order valence-corrected chi connectivity index (χ1v) is 18.1. The van der Waals surface area contributed by atoms with Crippen LogP contribution >= 0.6 is 11.6 Å². The molecule has 276 valence electrons. The highest BCUT2D eigenvalue weighted by Gasteiger charge is 2.05. The molecule has 5 aromatic carbocycles. The van der Waals surface area contributed by atoms with E-state index in [1.165, 1.54) is 46.5 Å². The first kappa shape index (κ1) is 45.1. The Kier molecular flexibility index (Phi) is 20.8. The first-order chi connectivity index (χ1) is 23.9. The van der Waals surface area contributed by atoms with Crippen LogP contribution in [-0.2, 0) is 0 Å². The Labute approximate surface area is 310 Å². The Bertz CT molecular complexity index is 1620. The minimum absolute atomic E-state index is 0.163. The number of benzene rings is 5. The predicted octanol–water partition coefficient (Wildman–Crippen LogP) is 15.6. The molecular formula is C46H57ClF4. The summed E-state index contributed by atoms with van der Waals surface area (Å²) in [6, 6.07) is 34.7. The van der Waals surface area contributed by atoms with Gasteiger partial charge in [-0.2, -0.15) is 0 Å². The van der Waals surface area contributed by atoms with Crippen molar-refractivity contribution in [2.24, 2.45) is 0 Å². The van der Waals surface area contributed by atoms with Crippen molar-refractivity contribution >= 4 is 11.6 Å². The van der Waals surface area contributed by atoms with Crippen molar-refractivity contribution in [1.29, 1.82) is 0 Å². The third-order valence-corrected chi connectivity index (χ3v) is 8.24. The molecule has 0 radical (unpaired) electrons. The Hall–Kier alpha value is -3.89. The third kappa shape index (κ3) is 18.3. The smallest absolute Gasteiger partial charge is 0.159 e. The van der Waals surface area contributed by atoms with Gasteiger partial charge < -0.3 is 0 Å². The summed E-state index contributed by atoms with van der Waals surface area (Å²) in [6.45, 7) is 23.1. The van der Waals surface area contributed by atoms with E-state index >= 15 is 0 Å². The van der Waals surface area contributed by atoms with E-state index in [0.717, 1.165) is 17.2 Å². The predicted molar refractivity (Wildman–Crippen MR) is 212 cm³/mol. The van der Waals surface area contributed by atoms with Crippen LogP contribution in [0.2, 0.25) is 5.02 Å². The van der Waals surface area contributed by atoms with Gasteiger partial charge in [0.25, 0.3) is 0 Å². The molecule has 51 heavy (non-hydrogen) atoms. The lowest BCUT2D eigenvalue weighted by molar-refractivity contribution is 0.506. The van der Waals surface area contributed by atoms with E-state index in [0.29, 0.717) is 23.7 Å². The van der Waals surface area contributed by atoms with Crippen molar-refractivity contribution in [3.05, 3.63) is 177 Å². The molecule has 0 aromatic heterocycles. The molecule has 0 aliphatic heterocycles. The maximum Gasteiger partial charge on any atom is 0.159 e. The van der Waals surface area contributed by atoms with Gasteiger partial charge in [0.2, 0.25) is 0 Å². The summed E-state index contributed by atoms with van der Waals surface area (Å²) < 4.78 is 50.1. The maximum absolute atomic E-state index is 12.8. The van der Waals surface area contributed by atoms with Crippen LogP contribution in [0.1, 0.15) is 132 Å². The van der Waals surface area contributed by atoms with Crippen LogP contribution in [0.15, 0.2) is 115 Å². The van der Waals surface area contributed by atoms with Gasteiger partial charge in [0, 0.05) is 0 Å². The van der Waals surface area contributed by atoms with Gasteiger partial charge in [0.05, 0.1) is 5.02 Å². The number of halogens is 5. The van der Waals surface area contributed by atoms with Gasteiger partial charge in [-0.1, -0.05) is 165 Å². The zero-order chi connectivity index (χ0) is 38.7. The molecule has 0 saturated heterocycles. The van der Waals surface area contributed by atoms with Gasteiger partial charge in [-0.15, -0.1) is 0 Å². The fraction of sp³-hybridized carbons (Fsp3) is 0.348. The van der Waals surface area contributed by atoms with E-state index in [1.807, 2.05) is 52.0 Å². The second-order valence-electron chi connectivity index (χ2n) is 14.0. The quantitative estimate of drug-likeness (QED) is 0.159. The van der Waals surface area contributed by atoms with Crippen LogP contribution in [0.5, 0.6) is 0 Å². The molecule has 5 heteroatoms. The van der Waals surface area contributed by atoms with Crippen LogP contribution < -0.4 is 0 Å². The Morgan fingerprint density at radius 3 is 1.16 bits per heavy atom. The Balaban J connectivity index is 0.000000319. The van der Waals surface area contributed by atoms with E-state index in [4.69, 9.17) is 11.6 Å². The zero-order valence-corrected chi connectivity index (χ0v) is 33.0. The Morgan fingerprint density at radius 1 is 0.373 bits per heavy atom. The van der Waals surface area contributed by atoms with E-state index in [2.05, 4.69) is 97.0 Å². The molecule has 0 fully saturated rings. The second-order valence-corrected chi connectivity index (χ2v) is 14.4. The summed E-state index contributed by atoms with van der Waals surface area (Å²) in [6.07, 6.45) is 0. The topological polar surface area (TPSA) is 0 Å². The van der Waals surface area contributed by atoms with Crippen LogP contribution in [0.25, 0.3) is 0 Å². The average Bonchev–Trinajstić information content (AvgIpc) is 3.09. The lowest BCUT2D eigenvalue weighted by atomic mass is 10.0. The van der Waals surface area contributed by atoms with Gasteiger partial charge in [-0.3, -0.25) is 0 Å². The summed E-state index contributed by atoms with van der Waals surface area (Å²) >= 11 is 5.51. The molecule has 0 N–H and O–H groups in total. The minimum atomic E-state index is -0.783. The standard InChI is InChI=1S/C10H14.C9H10ClF.C9H10F2.C9H11F.C9H12/c1-8(2)10-6-4-5-9(3)7-10;2*1-6(2)7-3-4-8(10)9(11)5-7;1-7(2)8-3-5-9(10)6-4-8;1-8(2)9-6-4-3-5-7-9/h4-8H,1-3H3;2*3-6H,1-2H3;3-7H,1-2H3;3-8H,1-2H3. The van der Waals surface area contributed by atoms with Crippen LogP contribution in [0.4, 0.5) is 17.6 Å². The molecule has 5 rings (SSSR count). The van der Waals surface area contributed by atoms with Crippen LogP contribution in [0.3, 0.4) is 0 Å². The fourth-order valence-corrected chi connectivity index (χ4v) is 4.58. The van der Waals surface area contributed by atoms with E-state index in [9.17, 15) is 17.6 Å². The minimum Gasteiger partial charge on any atom is -0.207 e. The van der Waals surface area contributed by atoms with Gasteiger partial charge in [-0.25, -0.2) is 17.6 Å². The van der Waals surface area contributed by atoms with E-state index in [-0.39, 0.29) is 22.6 Å². The van der Waals surface area contributed by atoms with E-state index in [1.54, 1.807) is 12.1 Å². The zero-order valence-electron chi connectivity index (χ0n) is 32.2. The van der Waals surface area contributed by atoms with Crippen LogP contribution in [-0.4, -0.2) is 0 Å². The van der Waals surface area contributed by atoms with Gasteiger partial charge in [0.15, 0.2) is 11.6 Å². The van der Waals surface area contributed by atoms with Crippen molar-refractivity contribution in [2.75, 3.05) is 0 Å². The summed E-state index contributed by atoms with van der Waals surface area (Å²) in [5.41, 5.74) is 7.18. The SMILES string of the molecule is CC(C)c1ccc(Cl)c(F)c1.CC(C)c1ccc(F)c(F)c1.CC(C)c1ccc(F)cc1.CC(C)c1ccccc1.Cc1cccc(C(C)C)c1. The molecular weight excluding hydrogens is 664 g/mol. The molecule has 0 amide bonds. The highest BCUT2D eigenvalue weighted by molar-refractivity contribution is 6.30. The van der Waals surface area contributed by atoms with E-state index < -0.39 is 11.6 Å². The van der Waals surface area contributed by atoms with Crippen LogP contribution in [0, 0.1) is 30.2 Å². The molecule has 0 nitrogen and oxygen atoms in total. The summed E-state index contributed by atoms with van der Waals surface area (Å²) in [4.78, 5) is 0. The van der Waals surface area contributed by atoms with Gasteiger partial charge in [0.1, 0.15) is 11.6 Å². The third-order valence-electron chi connectivity index (χ3n) is 7.93. The summed E-state index contributed by atoms with van der Waals surface area (Å²) in [5.74, 6) is 0.339. The maximum atomic E-state index is 12.8. The summed E-state index contributed by atoms with van der Waals surface area (Å²) in [5, 5.41) is 0.189. The highest BCUT2D eigenvalue weighted by atomic mass is 35.5. The number of hydrogen-bond acceptors (Lipinski definition) is 0. The molecule has 0 aliphatic carbocycles.